The quantitative estimate of drug-likeness (QED) is 0.468. The van der Waals surface area contributed by atoms with E-state index in [1.807, 2.05) is 38.1 Å². The van der Waals surface area contributed by atoms with Gasteiger partial charge in [0.2, 0.25) is 0 Å². The van der Waals surface area contributed by atoms with Crippen LogP contribution < -0.4 is 5.73 Å². The van der Waals surface area contributed by atoms with Crippen molar-refractivity contribution in [3.05, 3.63) is 87.7 Å². The van der Waals surface area contributed by atoms with Crippen molar-refractivity contribution >= 4 is 11.9 Å². The van der Waals surface area contributed by atoms with Crippen molar-refractivity contribution in [3.8, 4) is 11.1 Å². The maximum absolute atomic E-state index is 13.3. The Morgan fingerprint density at radius 1 is 1.03 bits per heavy atom. The summed E-state index contributed by atoms with van der Waals surface area (Å²) in [5.74, 6) is -1.10. The topological polar surface area (TPSA) is 103 Å². The van der Waals surface area contributed by atoms with Gasteiger partial charge in [0.05, 0.1) is 16.8 Å². The van der Waals surface area contributed by atoms with Gasteiger partial charge in [0.25, 0.3) is 0 Å². The molecule has 1 heterocycles. The van der Waals surface area contributed by atoms with Crippen LogP contribution in [0.5, 0.6) is 0 Å². The summed E-state index contributed by atoms with van der Waals surface area (Å²) in [6.07, 6.45) is 0.761. The van der Waals surface area contributed by atoms with Crippen LogP contribution in [-0.4, -0.2) is 22.0 Å². The number of esters is 1. The SMILES string of the molecule is Cc1ccc(-c2c(CN)c(CC(C)C)nc(C)c2C(=O)OCc2ccc(C(=O)O)cc2)cc1. The van der Waals surface area contributed by atoms with Gasteiger partial charge in [-0.25, -0.2) is 9.59 Å². The third kappa shape index (κ3) is 5.65. The lowest BCUT2D eigenvalue weighted by Crippen LogP contribution is -2.17. The smallest absolute Gasteiger partial charge is 0.340 e. The number of pyridine rings is 1. The van der Waals surface area contributed by atoms with Crippen LogP contribution in [0.25, 0.3) is 11.1 Å². The number of ether oxygens (including phenoxy) is 1. The lowest BCUT2D eigenvalue weighted by molar-refractivity contribution is 0.0471. The summed E-state index contributed by atoms with van der Waals surface area (Å²) >= 11 is 0. The number of aromatic nitrogens is 1. The van der Waals surface area contributed by atoms with E-state index in [-0.39, 0.29) is 18.7 Å². The van der Waals surface area contributed by atoms with Gasteiger partial charge in [-0.1, -0.05) is 55.8 Å². The number of hydrogen-bond acceptors (Lipinski definition) is 5. The highest BCUT2D eigenvalue weighted by Gasteiger charge is 2.24. The van der Waals surface area contributed by atoms with E-state index in [0.717, 1.165) is 34.4 Å². The Kier molecular flexibility index (Phi) is 7.61. The summed E-state index contributed by atoms with van der Waals surface area (Å²) in [5.41, 5.74) is 12.6. The van der Waals surface area contributed by atoms with Gasteiger partial charge in [-0.3, -0.25) is 4.98 Å². The van der Waals surface area contributed by atoms with Gasteiger partial charge in [0, 0.05) is 17.8 Å². The molecule has 3 aromatic rings. The van der Waals surface area contributed by atoms with Gasteiger partial charge in [-0.05, 0) is 55.0 Å². The Morgan fingerprint density at radius 3 is 2.21 bits per heavy atom. The number of rotatable bonds is 8. The van der Waals surface area contributed by atoms with Crippen LogP contribution in [0.2, 0.25) is 0 Å². The molecule has 0 bridgehead atoms. The van der Waals surface area contributed by atoms with Crippen LogP contribution in [0.15, 0.2) is 48.5 Å². The van der Waals surface area contributed by atoms with Gasteiger partial charge >= 0.3 is 11.9 Å². The minimum atomic E-state index is -1.00. The van der Waals surface area contributed by atoms with Gasteiger partial charge in [-0.15, -0.1) is 0 Å². The van der Waals surface area contributed by atoms with Crippen LogP contribution in [0.3, 0.4) is 0 Å². The van der Waals surface area contributed by atoms with Crippen molar-refractivity contribution < 1.29 is 19.4 Å². The number of nitrogens with zero attached hydrogens (tertiary/aromatic N) is 1. The van der Waals surface area contributed by atoms with Crippen molar-refractivity contribution in [3.63, 3.8) is 0 Å². The lowest BCUT2D eigenvalue weighted by atomic mass is 9.90. The second-order valence-corrected chi connectivity index (χ2v) is 8.62. The highest BCUT2D eigenvalue weighted by molar-refractivity contribution is 5.99. The average Bonchev–Trinajstić information content (AvgIpc) is 2.77. The van der Waals surface area contributed by atoms with Gasteiger partial charge < -0.3 is 15.6 Å². The molecule has 0 unspecified atom stereocenters. The summed E-state index contributed by atoms with van der Waals surface area (Å²) in [5, 5.41) is 9.05. The fourth-order valence-electron chi connectivity index (χ4n) is 3.83. The van der Waals surface area contributed by atoms with E-state index >= 15 is 0 Å². The van der Waals surface area contributed by atoms with Crippen molar-refractivity contribution in [2.75, 3.05) is 0 Å². The van der Waals surface area contributed by atoms with E-state index in [9.17, 15) is 9.59 Å². The Bertz CT molecular complexity index is 1150. The molecule has 172 valence electrons. The summed E-state index contributed by atoms with van der Waals surface area (Å²) in [6.45, 7) is 8.37. The molecule has 33 heavy (non-hydrogen) atoms. The van der Waals surface area contributed by atoms with Crippen LogP contribution >= 0.6 is 0 Å². The van der Waals surface area contributed by atoms with E-state index < -0.39 is 11.9 Å². The Hall–Kier alpha value is -3.51. The standard InChI is InChI=1S/C27H30N2O4/c1-16(2)13-23-22(14-28)25(20-9-5-17(3)6-10-20)24(18(4)29-23)27(32)33-15-19-7-11-21(12-8-19)26(30)31/h5-12,16H,13-15,28H2,1-4H3,(H,30,31). The van der Waals surface area contributed by atoms with E-state index in [1.54, 1.807) is 12.1 Å². The average molecular weight is 447 g/mol. The number of hydrogen-bond donors (Lipinski definition) is 2. The largest absolute Gasteiger partial charge is 0.478 e. The van der Waals surface area contributed by atoms with E-state index in [0.29, 0.717) is 22.7 Å². The monoisotopic (exact) mass is 446 g/mol. The number of nitrogens with two attached hydrogens (primary N) is 1. The maximum atomic E-state index is 13.3. The molecule has 2 aromatic carbocycles. The Labute approximate surface area is 194 Å². The van der Waals surface area contributed by atoms with Gasteiger partial charge in [-0.2, -0.15) is 0 Å². The summed E-state index contributed by atoms with van der Waals surface area (Å²) < 4.78 is 5.63. The molecule has 0 spiro atoms. The number of carboxylic acids is 1. The molecular weight excluding hydrogens is 416 g/mol. The predicted molar refractivity (Wildman–Crippen MR) is 128 cm³/mol. The summed E-state index contributed by atoms with van der Waals surface area (Å²) in [4.78, 5) is 29.1. The van der Waals surface area contributed by atoms with Crippen LogP contribution in [0.4, 0.5) is 0 Å². The van der Waals surface area contributed by atoms with Gasteiger partial charge in [0.15, 0.2) is 0 Å². The molecule has 1 aromatic heterocycles. The van der Waals surface area contributed by atoms with Crippen LogP contribution in [0.1, 0.15) is 62.6 Å². The first-order chi connectivity index (χ1) is 15.7. The zero-order valence-corrected chi connectivity index (χ0v) is 19.5. The Balaban J connectivity index is 2.02. The number of carbonyl (C=O) groups is 2. The maximum Gasteiger partial charge on any atom is 0.340 e. The molecule has 0 amide bonds. The first-order valence-electron chi connectivity index (χ1n) is 11.0. The van der Waals surface area contributed by atoms with E-state index in [1.165, 1.54) is 12.1 Å². The van der Waals surface area contributed by atoms with E-state index in [4.69, 9.17) is 20.6 Å². The predicted octanol–water partition coefficient (Wildman–Crippen LogP) is 5.08. The highest BCUT2D eigenvalue weighted by atomic mass is 16.5. The molecular formula is C27H30N2O4. The van der Waals surface area contributed by atoms with Gasteiger partial charge in [0.1, 0.15) is 6.61 Å². The first-order valence-corrected chi connectivity index (χ1v) is 11.0. The number of aryl methyl sites for hydroxylation is 2. The van der Waals surface area contributed by atoms with E-state index in [2.05, 4.69) is 13.8 Å². The molecule has 0 aliphatic rings. The molecule has 6 heteroatoms. The molecule has 0 aliphatic heterocycles. The molecule has 0 atom stereocenters. The highest BCUT2D eigenvalue weighted by Crippen LogP contribution is 2.33. The molecule has 0 fully saturated rings. The van der Waals surface area contributed by atoms with Crippen molar-refractivity contribution in [1.29, 1.82) is 0 Å². The normalized spacial score (nSPS) is 11.0. The molecule has 0 radical (unpaired) electrons. The summed E-state index contributed by atoms with van der Waals surface area (Å²) in [7, 11) is 0. The molecule has 0 saturated heterocycles. The second-order valence-electron chi connectivity index (χ2n) is 8.62. The number of carboxylic acid groups (broad SMARTS) is 1. The number of benzene rings is 2. The fraction of sp³-hybridized carbons (Fsp3) is 0.296. The van der Waals surface area contributed by atoms with Crippen LogP contribution in [0, 0.1) is 19.8 Å². The third-order valence-corrected chi connectivity index (χ3v) is 5.49. The molecule has 3 N–H and O–H groups in total. The minimum Gasteiger partial charge on any atom is -0.478 e. The van der Waals surface area contributed by atoms with Crippen LogP contribution in [-0.2, 0) is 24.3 Å². The second kappa shape index (κ2) is 10.4. The summed E-state index contributed by atoms with van der Waals surface area (Å²) in [6, 6.07) is 14.2. The zero-order chi connectivity index (χ0) is 24.1. The van der Waals surface area contributed by atoms with Crippen molar-refractivity contribution in [2.45, 2.75) is 47.3 Å². The third-order valence-electron chi connectivity index (χ3n) is 5.49. The Morgan fingerprint density at radius 2 is 1.67 bits per heavy atom. The van der Waals surface area contributed by atoms with Crippen molar-refractivity contribution in [1.82, 2.24) is 4.98 Å². The molecule has 3 rings (SSSR count). The molecule has 6 nitrogen and oxygen atoms in total. The molecule has 0 saturated carbocycles. The number of aromatic carboxylic acids is 1. The number of carbonyl (C=O) groups excluding carboxylic acids is 1. The fourth-order valence-corrected chi connectivity index (χ4v) is 3.83. The first kappa shape index (κ1) is 24.1. The lowest BCUT2D eigenvalue weighted by Gasteiger charge is -2.20. The molecule has 0 aliphatic carbocycles. The zero-order valence-electron chi connectivity index (χ0n) is 19.5. The van der Waals surface area contributed by atoms with Crippen molar-refractivity contribution in [2.24, 2.45) is 11.7 Å². The minimum absolute atomic E-state index is 0.0250.